The van der Waals surface area contributed by atoms with Crippen molar-refractivity contribution in [3.8, 4) is 5.75 Å². The third-order valence-electron chi connectivity index (χ3n) is 3.52. The number of ether oxygens (including phenoxy) is 1. The fraction of sp³-hybridized carbons (Fsp3) is 0.667. The van der Waals surface area contributed by atoms with Crippen LogP contribution in [0.15, 0.2) is 18.5 Å². The Bertz CT molecular complexity index is 346. The summed E-state index contributed by atoms with van der Waals surface area (Å²) in [5.41, 5.74) is 1.17. The summed E-state index contributed by atoms with van der Waals surface area (Å²) >= 11 is 0. The van der Waals surface area contributed by atoms with Crippen LogP contribution in [-0.2, 0) is 6.54 Å². The minimum Gasteiger partial charge on any atom is -0.490 e. The van der Waals surface area contributed by atoms with Crippen LogP contribution in [0.5, 0.6) is 5.75 Å². The second-order valence-electron chi connectivity index (χ2n) is 5.00. The van der Waals surface area contributed by atoms with Crippen molar-refractivity contribution in [1.29, 1.82) is 0 Å². The predicted octanol–water partition coefficient (Wildman–Crippen LogP) is 3.29. The average Bonchev–Trinajstić information content (AvgIpc) is 2.66. The van der Waals surface area contributed by atoms with Crippen LogP contribution in [0, 0.1) is 0 Å². The Hall–Kier alpha value is -1.09. The average molecular weight is 248 g/mol. The van der Waals surface area contributed by atoms with Crippen LogP contribution in [0.25, 0.3) is 0 Å². The molecule has 100 valence electrons. The highest BCUT2D eigenvalue weighted by atomic mass is 16.5. The van der Waals surface area contributed by atoms with Crippen LogP contribution in [-0.4, -0.2) is 17.6 Å². The lowest BCUT2D eigenvalue weighted by atomic mass is 10.1. The van der Waals surface area contributed by atoms with Crippen molar-refractivity contribution in [3.63, 3.8) is 0 Å². The molecule has 0 atom stereocenters. The van der Waals surface area contributed by atoms with Gasteiger partial charge in [0.05, 0.1) is 6.10 Å². The van der Waals surface area contributed by atoms with E-state index in [9.17, 15) is 0 Å². The molecule has 0 saturated heterocycles. The van der Waals surface area contributed by atoms with E-state index < -0.39 is 0 Å². The van der Waals surface area contributed by atoms with Crippen LogP contribution in [0.2, 0.25) is 0 Å². The first-order valence-electron chi connectivity index (χ1n) is 7.20. The zero-order valence-electron chi connectivity index (χ0n) is 11.3. The highest BCUT2D eigenvalue weighted by molar-refractivity contribution is 5.30. The number of hydrogen-bond donors (Lipinski definition) is 1. The second-order valence-corrected chi connectivity index (χ2v) is 5.00. The van der Waals surface area contributed by atoms with E-state index in [-0.39, 0.29) is 0 Å². The molecule has 0 radical (unpaired) electrons. The maximum Gasteiger partial charge on any atom is 0.127 e. The molecule has 3 heteroatoms. The Kier molecular flexibility index (Phi) is 5.46. The van der Waals surface area contributed by atoms with E-state index in [1.807, 2.05) is 18.5 Å². The van der Waals surface area contributed by atoms with Crippen LogP contribution in [0.1, 0.15) is 51.0 Å². The molecule has 0 aromatic carbocycles. The van der Waals surface area contributed by atoms with Crippen molar-refractivity contribution >= 4 is 0 Å². The minimum absolute atomic E-state index is 0.398. The zero-order valence-corrected chi connectivity index (χ0v) is 11.3. The third-order valence-corrected chi connectivity index (χ3v) is 3.52. The van der Waals surface area contributed by atoms with Gasteiger partial charge in [-0.3, -0.25) is 4.98 Å². The van der Waals surface area contributed by atoms with Gasteiger partial charge in [0, 0.05) is 24.5 Å². The standard InChI is InChI=1S/C15H24N2O/c1-2-16-11-13-12-17-10-9-15(13)18-14-7-5-3-4-6-8-14/h9-10,12,14,16H,2-8,11H2,1H3. The van der Waals surface area contributed by atoms with Gasteiger partial charge < -0.3 is 10.1 Å². The van der Waals surface area contributed by atoms with Crippen molar-refractivity contribution < 1.29 is 4.74 Å². The Morgan fingerprint density at radius 3 is 2.78 bits per heavy atom. The molecule has 1 N–H and O–H groups in total. The van der Waals surface area contributed by atoms with Crippen molar-refractivity contribution in [3.05, 3.63) is 24.0 Å². The quantitative estimate of drug-likeness (QED) is 0.812. The summed E-state index contributed by atoms with van der Waals surface area (Å²) in [4.78, 5) is 4.19. The monoisotopic (exact) mass is 248 g/mol. The molecular formula is C15H24N2O. The fourth-order valence-corrected chi connectivity index (χ4v) is 2.46. The van der Waals surface area contributed by atoms with E-state index in [4.69, 9.17) is 4.74 Å². The molecule has 0 amide bonds. The third kappa shape index (κ3) is 3.98. The number of rotatable bonds is 5. The van der Waals surface area contributed by atoms with Gasteiger partial charge in [-0.05, 0) is 38.3 Å². The first-order valence-corrected chi connectivity index (χ1v) is 7.20. The molecule has 0 aliphatic heterocycles. The van der Waals surface area contributed by atoms with Crippen molar-refractivity contribution in [2.24, 2.45) is 0 Å². The SMILES string of the molecule is CCNCc1cnccc1OC1CCCCCC1. The lowest BCUT2D eigenvalue weighted by molar-refractivity contribution is 0.181. The van der Waals surface area contributed by atoms with E-state index in [1.54, 1.807) is 0 Å². The van der Waals surface area contributed by atoms with Gasteiger partial charge >= 0.3 is 0 Å². The van der Waals surface area contributed by atoms with E-state index in [0.29, 0.717) is 6.10 Å². The van der Waals surface area contributed by atoms with Gasteiger partial charge in [0.1, 0.15) is 5.75 Å². The van der Waals surface area contributed by atoms with Gasteiger partial charge in [-0.2, -0.15) is 0 Å². The number of hydrogen-bond acceptors (Lipinski definition) is 3. The lowest BCUT2D eigenvalue weighted by Gasteiger charge is -2.19. The number of nitrogens with zero attached hydrogens (tertiary/aromatic N) is 1. The minimum atomic E-state index is 0.398. The van der Waals surface area contributed by atoms with Gasteiger partial charge in [0.25, 0.3) is 0 Å². The maximum atomic E-state index is 6.18. The van der Waals surface area contributed by atoms with Crippen LogP contribution in [0.3, 0.4) is 0 Å². The van der Waals surface area contributed by atoms with E-state index in [0.717, 1.165) is 18.8 Å². The Morgan fingerprint density at radius 1 is 1.28 bits per heavy atom. The highest BCUT2D eigenvalue weighted by Gasteiger charge is 2.15. The zero-order chi connectivity index (χ0) is 12.6. The molecule has 1 heterocycles. The normalized spacial score (nSPS) is 17.4. The van der Waals surface area contributed by atoms with E-state index in [2.05, 4.69) is 17.2 Å². The largest absolute Gasteiger partial charge is 0.490 e. The molecule has 1 aliphatic rings. The summed E-state index contributed by atoms with van der Waals surface area (Å²) in [6.45, 7) is 3.92. The van der Waals surface area contributed by atoms with Gasteiger partial charge in [0.2, 0.25) is 0 Å². The van der Waals surface area contributed by atoms with Gasteiger partial charge in [-0.15, -0.1) is 0 Å². The molecule has 1 saturated carbocycles. The van der Waals surface area contributed by atoms with Gasteiger partial charge in [-0.1, -0.05) is 19.8 Å². The molecule has 3 nitrogen and oxygen atoms in total. The van der Waals surface area contributed by atoms with Gasteiger partial charge in [-0.25, -0.2) is 0 Å². The van der Waals surface area contributed by atoms with E-state index >= 15 is 0 Å². The second kappa shape index (κ2) is 7.37. The summed E-state index contributed by atoms with van der Waals surface area (Å²) in [5, 5.41) is 3.33. The smallest absolute Gasteiger partial charge is 0.127 e. The molecule has 0 spiro atoms. The Labute approximate surface area is 110 Å². The molecule has 1 aromatic heterocycles. The first kappa shape index (κ1) is 13.3. The molecular weight excluding hydrogens is 224 g/mol. The lowest BCUT2D eigenvalue weighted by Crippen LogP contribution is -2.18. The Balaban J connectivity index is 1.98. The fourth-order valence-electron chi connectivity index (χ4n) is 2.46. The number of aromatic nitrogens is 1. The summed E-state index contributed by atoms with van der Waals surface area (Å²) in [7, 11) is 0. The summed E-state index contributed by atoms with van der Waals surface area (Å²) in [6, 6.07) is 2.00. The number of pyridine rings is 1. The molecule has 1 aromatic rings. The summed E-state index contributed by atoms with van der Waals surface area (Å²) < 4.78 is 6.18. The van der Waals surface area contributed by atoms with Crippen molar-refractivity contribution in [2.75, 3.05) is 6.54 Å². The predicted molar refractivity (Wildman–Crippen MR) is 73.7 cm³/mol. The summed E-state index contributed by atoms with van der Waals surface area (Å²) in [6.07, 6.45) is 11.9. The topological polar surface area (TPSA) is 34.2 Å². The van der Waals surface area contributed by atoms with E-state index in [1.165, 1.54) is 44.1 Å². The van der Waals surface area contributed by atoms with Crippen molar-refractivity contribution in [2.45, 2.75) is 58.1 Å². The molecule has 2 rings (SSSR count). The first-order chi connectivity index (χ1) is 8.90. The van der Waals surface area contributed by atoms with Gasteiger partial charge in [0.15, 0.2) is 0 Å². The highest BCUT2D eigenvalue weighted by Crippen LogP contribution is 2.24. The maximum absolute atomic E-state index is 6.18. The van der Waals surface area contributed by atoms with Crippen LogP contribution in [0.4, 0.5) is 0 Å². The molecule has 0 bridgehead atoms. The molecule has 0 unspecified atom stereocenters. The molecule has 1 aliphatic carbocycles. The molecule has 18 heavy (non-hydrogen) atoms. The van der Waals surface area contributed by atoms with Crippen LogP contribution >= 0.6 is 0 Å². The summed E-state index contributed by atoms with van der Waals surface area (Å²) in [5.74, 6) is 1.01. The Morgan fingerprint density at radius 2 is 2.06 bits per heavy atom. The van der Waals surface area contributed by atoms with Crippen molar-refractivity contribution in [1.82, 2.24) is 10.3 Å². The number of nitrogens with one attached hydrogen (secondary N) is 1. The molecule has 1 fully saturated rings. The van der Waals surface area contributed by atoms with Crippen LogP contribution < -0.4 is 10.1 Å².